The van der Waals surface area contributed by atoms with Crippen LogP contribution >= 0.6 is 12.2 Å². The molecule has 1 fully saturated rings. The summed E-state index contributed by atoms with van der Waals surface area (Å²) in [5, 5.41) is 14.6. The van der Waals surface area contributed by atoms with Gasteiger partial charge >= 0.3 is 5.97 Å². The summed E-state index contributed by atoms with van der Waals surface area (Å²) in [7, 11) is 1.34. The fourth-order valence-corrected chi connectivity index (χ4v) is 3.35. The first-order valence-electron chi connectivity index (χ1n) is 7.57. The van der Waals surface area contributed by atoms with Crippen LogP contribution in [0.1, 0.15) is 31.4 Å². The Morgan fingerprint density at radius 2 is 2.00 bits per heavy atom. The maximum Gasteiger partial charge on any atom is 0.337 e. The number of hydrogen-bond donors (Lipinski definition) is 1. The molecule has 0 saturated heterocycles. The number of esters is 1. The molecule has 0 aromatic heterocycles. The van der Waals surface area contributed by atoms with Gasteiger partial charge in [-0.05, 0) is 49.7 Å². The number of non-ortho nitro benzene ring substituents is 1. The van der Waals surface area contributed by atoms with Crippen LogP contribution in [-0.4, -0.2) is 34.1 Å². The number of carbonyl (C=O) groups is 1. The Morgan fingerprint density at radius 1 is 1.38 bits per heavy atom. The van der Waals surface area contributed by atoms with Crippen LogP contribution in [-0.2, 0) is 9.53 Å². The Hall–Kier alpha value is -2.48. The molecule has 1 atom stereocenters. The topological polar surface area (TPSA) is 84.7 Å². The third-order valence-corrected chi connectivity index (χ3v) is 4.60. The fraction of sp³-hybridized carbons (Fsp3) is 0.375. The summed E-state index contributed by atoms with van der Waals surface area (Å²) >= 11 is 5.46. The van der Waals surface area contributed by atoms with Crippen LogP contribution in [0.2, 0.25) is 0 Å². The average Bonchev–Trinajstić information content (AvgIpc) is 3.38. The largest absolute Gasteiger partial charge is 0.466 e. The van der Waals surface area contributed by atoms with Gasteiger partial charge in [0.2, 0.25) is 0 Å². The Balaban J connectivity index is 2.03. The zero-order valence-electron chi connectivity index (χ0n) is 13.3. The number of nitro benzene ring substituents is 1. The van der Waals surface area contributed by atoms with E-state index in [9.17, 15) is 14.9 Å². The predicted octanol–water partition coefficient (Wildman–Crippen LogP) is 2.44. The first kappa shape index (κ1) is 16.4. The number of rotatable bonds is 4. The van der Waals surface area contributed by atoms with Gasteiger partial charge in [0, 0.05) is 23.9 Å². The Kier molecular flexibility index (Phi) is 4.23. The maximum absolute atomic E-state index is 12.3. The second-order valence-electron chi connectivity index (χ2n) is 5.82. The standard InChI is InChI=1S/C16H17N3O4S/c1-9-13(15(20)23-2)14(17-16(24)18(9)11-7-8-11)10-3-5-12(6-4-10)19(21)22/h3-6,11,14H,7-8H2,1-2H3,(H,17,24). The molecule has 1 aromatic rings. The molecule has 24 heavy (non-hydrogen) atoms. The van der Waals surface area contributed by atoms with E-state index >= 15 is 0 Å². The minimum atomic E-state index is -0.485. The van der Waals surface area contributed by atoms with Crippen molar-refractivity contribution in [3.8, 4) is 0 Å². The van der Waals surface area contributed by atoms with Crippen molar-refractivity contribution in [1.29, 1.82) is 0 Å². The lowest BCUT2D eigenvalue weighted by atomic mass is 9.95. The molecule has 1 unspecified atom stereocenters. The third-order valence-electron chi connectivity index (χ3n) is 4.28. The lowest BCUT2D eigenvalue weighted by Gasteiger charge is -2.37. The summed E-state index contributed by atoms with van der Waals surface area (Å²) in [6.45, 7) is 1.86. The van der Waals surface area contributed by atoms with Crippen LogP contribution in [0.25, 0.3) is 0 Å². The van der Waals surface area contributed by atoms with Crippen molar-refractivity contribution in [3.05, 3.63) is 51.2 Å². The predicted molar refractivity (Wildman–Crippen MR) is 91.1 cm³/mol. The van der Waals surface area contributed by atoms with E-state index in [1.807, 2.05) is 11.8 Å². The molecule has 1 heterocycles. The van der Waals surface area contributed by atoms with Crippen molar-refractivity contribution in [2.75, 3.05) is 7.11 Å². The normalized spacial score (nSPS) is 20.7. The van der Waals surface area contributed by atoms with Gasteiger partial charge in [-0.1, -0.05) is 0 Å². The van der Waals surface area contributed by atoms with Gasteiger partial charge < -0.3 is 15.0 Å². The second-order valence-corrected chi connectivity index (χ2v) is 6.21. The molecule has 3 rings (SSSR count). The number of nitro groups is 1. The highest BCUT2D eigenvalue weighted by molar-refractivity contribution is 7.80. The number of ether oxygens (including phenoxy) is 1. The number of allylic oxidation sites excluding steroid dienone is 1. The third kappa shape index (κ3) is 2.84. The lowest BCUT2D eigenvalue weighted by Crippen LogP contribution is -2.48. The molecule has 8 heteroatoms. The highest BCUT2D eigenvalue weighted by Crippen LogP contribution is 2.38. The summed E-state index contributed by atoms with van der Waals surface area (Å²) in [6, 6.07) is 5.92. The Morgan fingerprint density at radius 3 is 2.50 bits per heavy atom. The van der Waals surface area contributed by atoms with Gasteiger partial charge in [-0.2, -0.15) is 0 Å². The summed E-state index contributed by atoms with van der Waals surface area (Å²) in [4.78, 5) is 24.7. The zero-order valence-corrected chi connectivity index (χ0v) is 14.1. The van der Waals surface area contributed by atoms with Crippen LogP contribution in [0.3, 0.4) is 0 Å². The summed E-state index contributed by atoms with van der Waals surface area (Å²) in [5.41, 5.74) is 1.97. The monoisotopic (exact) mass is 347 g/mol. The summed E-state index contributed by atoms with van der Waals surface area (Å²) in [6.07, 6.45) is 2.08. The van der Waals surface area contributed by atoms with Crippen molar-refractivity contribution >= 4 is 29.0 Å². The molecule has 0 radical (unpaired) electrons. The van der Waals surface area contributed by atoms with E-state index in [4.69, 9.17) is 17.0 Å². The van der Waals surface area contributed by atoms with Crippen molar-refractivity contribution in [1.82, 2.24) is 10.2 Å². The maximum atomic E-state index is 12.3. The Labute approximate surface area is 144 Å². The number of methoxy groups -OCH3 is 1. The van der Waals surface area contributed by atoms with E-state index < -0.39 is 16.9 Å². The number of thiocarbonyl (C=S) groups is 1. The van der Waals surface area contributed by atoms with Crippen molar-refractivity contribution in [2.24, 2.45) is 0 Å². The van der Waals surface area contributed by atoms with E-state index in [0.29, 0.717) is 16.7 Å². The smallest absolute Gasteiger partial charge is 0.337 e. The lowest BCUT2D eigenvalue weighted by molar-refractivity contribution is -0.384. The number of nitrogens with one attached hydrogen (secondary N) is 1. The van der Waals surface area contributed by atoms with Gasteiger partial charge in [0.25, 0.3) is 5.69 Å². The molecule has 1 aromatic carbocycles. The highest BCUT2D eigenvalue weighted by Gasteiger charge is 2.40. The molecular weight excluding hydrogens is 330 g/mol. The van der Waals surface area contributed by atoms with Gasteiger partial charge in [0.1, 0.15) is 0 Å². The quantitative estimate of drug-likeness (QED) is 0.387. The van der Waals surface area contributed by atoms with Crippen LogP contribution < -0.4 is 5.32 Å². The van der Waals surface area contributed by atoms with Crippen LogP contribution in [0, 0.1) is 10.1 Å². The highest BCUT2D eigenvalue weighted by atomic mass is 32.1. The van der Waals surface area contributed by atoms with Crippen LogP contribution in [0.15, 0.2) is 35.5 Å². The van der Waals surface area contributed by atoms with Gasteiger partial charge in [-0.3, -0.25) is 10.1 Å². The molecule has 126 valence electrons. The molecular formula is C16H17N3O4S. The van der Waals surface area contributed by atoms with Gasteiger partial charge in [-0.15, -0.1) is 0 Å². The van der Waals surface area contributed by atoms with Crippen LogP contribution in [0.4, 0.5) is 5.69 Å². The number of benzene rings is 1. The van der Waals surface area contributed by atoms with Crippen LogP contribution in [0.5, 0.6) is 0 Å². The first-order chi connectivity index (χ1) is 11.4. The summed E-state index contributed by atoms with van der Waals surface area (Å²) in [5.74, 6) is -0.434. The number of nitrogens with zero attached hydrogens (tertiary/aromatic N) is 2. The van der Waals surface area contributed by atoms with Crippen molar-refractivity contribution in [3.63, 3.8) is 0 Å². The van der Waals surface area contributed by atoms with Crippen molar-refractivity contribution in [2.45, 2.75) is 31.8 Å². The molecule has 0 amide bonds. The minimum Gasteiger partial charge on any atom is -0.466 e. The number of hydrogen-bond acceptors (Lipinski definition) is 5. The SMILES string of the molecule is COC(=O)C1=C(C)N(C2CC2)C(=S)NC1c1ccc([N+](=O)[O-])cc1. The Bertz CT molecular complexity index is 740. The van der Waals surface area contributed by atoms with E-state index in [0.717, 1.165) is 24.1 Å². The minimum absolute atomic E-state index is 0.00272. The first-order valence-corrected chi connectivity index (χ1v) is 7.98. The van der Waals surface area contributed by atoms with Gasteiger partial charge in [-0.25, -0.2) is 4.79 Å². The molecule has 1 aliphatic heterocycles. The molecule has 1 N–H and O–H groups in total. The van der Waals surface area contributed by atoms with E-state index in [1.165, 1.54) is 19.2 Å². The zero-order chi connectivity index (χ0) is 17.4. The van der Waals surface area contributed by atoms with Crippen molar-refractivity contribution < 1.29 is 14.5 Å². The molecule has 1 aliphatic carbocycles. The van der Waals surface area contributed by atoms with Gasteiger partial charge in [0.15, 0.2) is 5.11 Å². The molecule has 1 saturated carbocycles. The molecule has 2 aliphatic rings. The van der Waals surface area contributed by atoms with E-state index in [-0.39, 0.29) is 5.69 Å². The molecule has 7 nitrogen and oxygen atoms in total. The summed E-state index contributed by atoms with van der Waals surface area (Å²) < 4.78 is 4.94. The number of carbonyl (C=O) groups excluding carboxylic acids is 1. The average molecular weight is 347 g/mol. The van der Waals surface area contributed by atoms with E-state index in [2.05, 4.69) is 5.32 Å². The van der Waals surface area contributed by atoms with Gasteiger partial charge in [0.05, 0.1) is 23.6 Å². The van der Waals surface area contributed by atoms with E-state index in [1.54, 1.807) is 12.1 Å². The second kappa shape index (κ2) is 6.20. The fourth-order valence-electron chi connectivity index (χ4n) is 2.94. The molecule has 0 spiro atoms. The molecule has 0 bridgehead atoms.